The molecular weight excluding hydrogens is 954 g/mol. The maximum Gasteiger partial charge on any atom is 0.407 e. The lowest BCUT2D eigenvalue weighted by atomic mass is 9.71. The van der Waals surface area contributed by atoms with Gasteiger partial charge < -0.3 is 42.3 Å². The lowest BCUT2D eigenvalue weighted by Crippen LogP contribution is -2.61. The second-order valence-electron chi connectivity index (χ2n) is 18.7. The number of H-pyrrole nitrogens is 1. The van der Waals surface area contributed by atoms with Crippen LogP contribution >= 0.6 is 0 Å². The van der Waals surface area contributed by atoms with E-state index >= 15 is 4.39 Å². The molecule has 9 N–H and O–H groups in total. The van der Waals surface area contributed by atoms with Gasteiger partial charge in [0.15, 0.2) is 5.82 Å². The van der Waals surface area contributed by atoms with Gasteiger partial charge in [-0.05, 0) is 90.8 Å². The van der Waals surface area contributed by atoms with Gasteiger partial charge in [-0.2, -0.15) is 10.2 Å². The molecule has 0 unspecified atom stereocenters. The van der Waals surface area contributed by atoms with Gasteiger partial charge in [0.25, 0.3) is 11.8 Å². The van der Waals surface area contributed by atoms with E-state index in [2.05, 4.69) is 56.8 Å². The van der Waals surface area contributed by atoms with Gasteiger partial charge >= 0.3 is 6.09 Å². The summed E-state index contributed by atoms with van der Waals surface area (Å²) in [5.41, 5.74) is 9.09. The summed E-state index contributed by atoms with van der Waals surface area (Å²) in [5, 5.41) is 36.0. The molecule has 0 saturated carbocycles. The van der Waals surface area contributed by atoms with Crippen LogP contribution in [0.3, 0.4) is 0 Å². The number of aromatic amines is 1. The number of anilines is 3. The van der Waals surface area contributed by atoms with Gasteiger partial charge in [0, 0.05) is 88.1 Å². The predicted molar refractivity (Wildman–Crippen MR) is 277 cm³/mol. The van der Waals surface area contributed by atoms with Gasteiger partial charge in [-0.15, -0.1) is 0 Å². The van der Waals surface area contributed by atoms with Crippen LogP contribution in [0.1, 0.15) is 71.0 Å². The lowest BCUT2D eigenvalue weighted by molar-refractivity contribution is 0.0300. The minimum absolute atomic E-state index is 0.0108. The zero-order chi connectivity index (χ0) is 52.8. The number of halogens is 3. The monoisotopic (exact) mass is 1010 g/mol. The van der Waals surface area contributed by atoms with Gasteiger partial charge in [0.1, 0.15) is 34.8 Å². The molecule has 5 aromatic heterocycles. The third-order valence-corrected chi connectivity index (χ3v) is 12.7. The van der Waals surface area contributed by atoms with Crippen LogP contribution in [0.15, 0.2) is 110 Å². The fourth-order valence-corrected chi connectivity index (χ4v) is 8.82. The Labute approximate surface area is 426 Å². The number of carbonyl (C=O) groups excluding carboxylic acids is 2. The van der Waals surface area contributed by atoms with Crippen LogP contribution in [-0.2, 0) is 26.4 Å². The van der Waals surface area contributed by atoms with Crippen molar-refractivity contribution < 1.29 is 32.7 Å². The van der Waals surface area contributed by atoms with Crippen LogP contribution in [-0.4, -0.2) is 108 Å². The van der Waals surface area contributed by atoms with Gasteiger partial charge in [-0.3, -0.25) is 19.4 Å². The Bertz CT molecular complexity index is 3040. The molecule has 6 heterocycles. The Morgan fingerprint density at radius 1 is 0.797 bits per heavy atom. The number of hydrogen-bond acceptors (Lipinski definition) is 12. The first-order chi connectivity index (χ1) is 35.5. The van der Waals surface area contributed by atoms with E-state index in [0.29, 0.717) is 86.9 Å². The summed E-state index contributed by atoms with van der Waals surface area (Å²) >= 11 is 0. The summed E-state index contributed by atoms with van der Waals surface area (Å²) in [5.74, 6) is -0.894. The molecule has 0 aliphatic carbocycles. The Kier molecular flexibility index (Phi) is 17.6. The molecule has 1 atom stereocenters. The zero-order valence-corrected chi connectivity index (χ0v) is 41.7. The van der Waals surface area contributed by atoms with Crippen molar-refractivity contribution in [3.05, 3.63) is 155 Å². The Hall–Kier alpha value is -8.33. The van der Waals surface area contributed by atoms with Gasteiger partial charge in [0.2, 0.25) is 0 Å². The van der Waals surface area contributed by atoms with Crippen LogP contribution in [0.25, 0.3) is 22.5 Å². The second kappa shape index (κ2) is 24.4. The van der Waals surface area contributed by atoms with Crippen molar-refractivity contribution >= 4 is 35.4 Å². The quantitative estimate of drug-likeness (QED) is 0.0388. The van der Waals surface area contributed by atoms with Crippen molar-refractivity contribution in [1.82, 2.24) is 50.5 Å². The molecule has 8 rings (SSSR count). The molecule has 1 fully saturated rings. The number of hydrogen-bond donors (Lipinski definition) is 8. The minimum Gasteiger partial charge on any atom is -0.465 e. The zero-order valence-electron chi connectivity index (χ0n) is 41.7. The molecule has 1 aliphatic rings. The number of amides is 3. The summed E-state index contributed by atoms with van der Waals surface area (Å²) in [7, 11) is 1.70. The Morgan fingerprint density at radius 2 is 1.47 bits per heavy atom. The van der Waals surface area contributed by atoms with E-state index in [9.17, 15) is 28.3 Å². The molecule has 2 aromatic carbocycles. The number of aryl methyl sites for hydroxylation is 1. The highest BCUT2D eigenvalue weighted by atomic mass is 19.1. The molecule has 3 amide bonds. The summed E-state index contributed by atoms with van der Waals surface area (Å²) < 4.78 is 43.9. The average molecular weight is 1020 g/mol. The SMILES string of the molecule is Cn1cc(-c2nc(NCCc3cccc(F)c3)c(C(=O)NC[C@]3(C(C)(C)C)CCCN3C(=O)O)cc2F)cn1.NCCNc1ncccc1CNC(=O)c1ccc(-c2cn[nH]c2)nc1NCCc1cccc(F)c1. The van der Waals surface area contributed by atoms with Crippen molar-refractivity contribution in [2.75, 3.05) is 55.2 Å². The van der Waals surface area contributed by atoms with E-state index in [0.717, 1.165) is 28.3 Å². The molecule has 74 heavy (non-hydrogen) atoms. The molecule has 18 nitrogen and oxygen atoms in total. The van der Waals surface area contributed by atoms with Gasteiger partial charge in [0.05, 0.1) is 34.8 Å². The summed E-state index contributed by atoms with van der Waals surface area (Å²) in [6.45, 7) is 8.41. The lowest BCUT2D eigenvalue weighted by Gasteiger charge is -2.47. The van der Waals surface area contributed by atoms with Crippen LogP contribution < -0.4 is 32.3 Å². The third-order valence-electron chi connectivity index (χ3n) is 12.7. The number of nitrogens with two attached hydrogens (primary N) is 1. The number of nitrogens with zero attached hydrogens (tertiary/aromatic N) is 7. The van der Waals surface area contributed by atoms with E-state index in [1.54, 1.807) is 62.2 Å². The van der Waals surface area contributed by atoms with Gasteiger partial charge in [-0.25, -0.2) is 32.9 Å². The highest BCUT2D eigenvalue weighted by Gasteiger charge is 2.52. The third kappa shape index (κ3) is 13.4. The molecule has 0 bridgehead atoms. The number of pyridine rings is 3. The van der Waals surface area contributed by atoms with Crippen molar-refractivity contribution in [1.29, 1.82) is 0 Å². The van der Waals surface area contributed by atoms with Crippen molar-refractivity contribution in [2.45, 2.75) is 58.5 Å². The largest absolute Gasteiger partial charge is 0.465 e. The standard InChI is InChI=1S/C28H34F2N6O3.C25H27FN8O/c1-27(2,3)28(10-6-12-36(28)26(38)39)17-32-25(37)21-14-22(30)23(19-15-33-35(4)16-19)34-24(21)31-11-9-18-7-5-8-20(29)13-18;26-20-5-1-3-17(13-20)8-11-29-24-21(6-7-22(34-24)19-15-32-33-16-19)25(35)31-14-18-4-2-10-28-23(18)30-12-9-27/h5,7-8,13-16H,6,9-12,17H2,1-4H3,(H,31,34)(H,32,37)(H,38,39);1-7,10,13,15-16H,8-9,11-12,14,27H2,(H,28,30)(H,29,34)(H,31,35)(H,32,33)/t28-;/m0./s1. The van der Waals surface area contributed by atoms with E-state index in [1.165, 1.54) is 40.0 Å². The van der Waals surface area contributed by atoms with Crippen LogP contribution in [0.2, 0.25) is 0 Å². The maximum atomic E-state index is 15.3. The molecule has 1 aliphatic heterocycles. The van der Waals surface area contributed by atoms with E-state index in [4.69, 9.17) is 5.73 Å². The Balaban J connectivity index is 0.000000217. The van der Waals surface area contributed by atoms with E-state index < -0.39 is 28.8 Å². The van der Waals surface area contributed by atoms with Crippen molar-refractivity contribution in [2.24, 2.45) is 18.2 Å². The van der Waals surface area contributed by atoms with Crippen LogP contribution in [0.5, 0.6) is 0 Å². The molecular formula is C53H61F3N14O4. The first-order valence-electron chi connectivity index (χ1n) is 24.2. The van der Waals surface area contributed by atoms with Crippen LogP contribution in [0.4, 0.5) is 35.4 Å². The molecule has 0 radical (unpaired) electrons. The Morgan fingerprint density at radius 3 is 2.08 bits per heavy atom. The summed E-state index contributed by atoms with van der Waals surface area (Å²) in [4.78, 5) is 53.4. The predicted octanol–water partition coefficient (Wildman–Crippen LogP) is 7.66. The molecule has 21 heteroatoms. The number of carbonyl (C=O) groups is 3. The van der Waals surface area contributed by atoms with Gasteiger partial charge in [-0.1, -0.05) is 51.1 Å². The fourth-order valence-electron chi connectivity index (χ4n) is 8.82. The number of aromatic nitrogens is 7. The number of carboxylic acid groups (broad SMARTS) is 1. The maximum absolute atomic E-state index is 15.3. The summed E-state index contributed by atoms with van der Waals surface area (Å²) in [6, 6.07) is 21.0. The highest BCUT2D eigenvalue weighted by Crippen LogP contribution is 2.43. The molecule has 1 saturated heterocycles. The van der Waals surface area contributed by atoms with E-state index in [1.807, 2.05) is 39.0 Å². The number of benzene rings is 2. The molecule has 0 spiro atoms. The normalized spacial score (nSPS) is 14.2. The summed E-state index contributed by atoms with van der Waals surface area (Å²) in [6.07, 6.45) is 9.44. The first kappa shape index (κ1) is 53.5. The van der Waals surface area contributed by atoms with Crippen molar-refractivity contribution in [3.63, 3.8) is 0 Å². The topological polar surface area (TPSA) is 246 Å². The van der Waals surface area contributed by atoms with Crippen LogP contribution in [0, 0.1) is 22.9 Å². The number of likely N-dealkylation sites (tertiary alicyclic amines) is 1. The first-order valence-corrected chi connectivity index (χ1v) is 24.2. The number of nitrogens with one attached hydrogen (secondary N) is 6. The highest BCUT2D eigenvalue weighted by molar-refractivity contribution is 6.00. The minimum atomic E-state index is -1.04. The average Bonchev–Trinajstić information content (AvgIpc) is 4.18. The molecule has 7 aromatic rings. The fraction of sp³-hybridized carbons (Fsp3) is 0.321. The van der Waals surface area contributed by atoms with E-state index in [-0.39, 0.29) is 47.7 Å². The number of rotatable bonds is 19. The second-order valence-corrected chi connectivity index (χ2v) is 18.7. The smallest absolute Gasteiger partial charge is 0.407 e. The van der Waals surface area contributed by atoms with Crippen molar-refractivity contribution in [3.8, 4) is 22.5 Å². The molecule has 388 valence electrons.